The summed E-state index contributed by atoms with van der Waals surface area (Å²) in [6.45, 7) is 10.3. The maximum Gasteiger partial charge on any atom is 0.209 e. The van der Waals surface area contributed by atoms with Gasteiger partial charge in [0, 0.05) is 35.7 Å². The van der Waals surface area contributed by atoms with E-state index in [1.165, 1.54) is 50.3 Å². The second-order valence-electron chi connectivity index (χ2n) is 13.6. The Balaban J connectivity index is 1.05. The molecule has 0 spiro atoms. The minimum atomic E-state index is -0.0903. The van der Waals surface area contributed by atoms with Gasteiger partial charge in [0.1, 0.15) is 13.6 Å². The number of para-hydroxylation sites is 1. The van der Waals surface area contributed by atoms with Crippen LogP contribution in [0.5, 0.6) is 0 Å². The molecule has 1 unspecified atom stereocenters. The van der Waals surface area contributed by atoms with Crippen LogP contribution in [0.1, 0.15) is 57.2 Å². The minimum Gasteiger partial charge on any atom is -0.261 e. The summed E-state index contributed by atoms with van der Waals surface area (Å²) in [7, 11) is 2.19. The van der Waals surface area contributed by atoms with Crippen molar-refractivity contribution >= 4 is 57.4 Å². The van der Waals surface area contributed by atoms with Crippen LogP contribution in [0.25, 0.3) is 10.8 Å². The number of benzene rings is 5. The average molecular weight is 617 g/mol. The van der Waals surface area contributed by atoms with Gasteiger partial charge in [0.05, 0.1) is 35.0 Å². The molecule has 0 bridgehead atoms. The molecule has 2 aliphatic rings. The molecule has 0 aromatic heterocycles. The van der Waals surface area contributed by atoms with Crippen molar-refractivity contribution < 1.29 is 9.15 Å². The zero-order valence-electron chi connectivity index (χ0n) is 28.2. The largest absolute Gasteiger partial charge is 0.261 e. The lowest BCUT2D eigenvalue weighted by atomic mass is 9.74. The lowest BCUT2D eigenvalue weighted by Crippen LogP contribution is -2.35. The number of nitrogens with zero attached hydrogens (tertiary/aromatic N) is 4. The number of hydrogen-bond acceptors (Lipinski definition) is 2. The van der Waals surface area contributed by atoms with E-state index in [9.17, 15) is 0 Å². The average Bonchev–Trinajstić information content (AvgIpc) is 3.44. The van der Waals surface area contributed by atoms with Crippen LogP contribution >= 0.6 is 0 Å². The van der Waals surface area contributed by atoms with Gasteiger partial charge in [-0.25, -0.2) is 4.58 Å². The van der Waals surface area contributed by atoms with Gasteiger partial charge in [-0.3, -0.25) is 9.98 Å². The molecule has 2 heterocycles. The summed E-state index contributed by atoms with van der Waals surface area (Å²) in [6, 6.07) is 41.2. The topological polar surface area (TPSA) is 30.7 Å². The fraction of sp³-hybridized carbons (Fsp3) is 0.256. The number of fused-ring (bicyclic) bond motifs is 4. The maximum atomic E-state index is 4.90. The highest BCUT2D eigenvalue weighted by atomic mass is 15.1. The summed E-state index contributed by atoms with van der Waals surface area (Å²) in [4.78, 5) is 9.75. The van der Waals surface area contributed by atoms with Crippen LogP contribution in [0, 0.1) is 0 Å². The van der Waals surface area contributed by atoms with E-state index in [2.05, 4.69) is 172 Å². The first-order valence-corrected chi connectivity index (χ1v) is 16.9. The van der Waals surface area contributed by atoms with Crippen LogP contribution in [0.4, 0.5) is 22.7 Å². The standard InChI is InChI=1S/C43H44N4/c1-6-47-37-19-13-12-18-36(37)43(4,30-31-14-8-7-9-15-31)40(47)27-29-45-34-23-21-33(22-24-34)44-28-26-39-42(2,3)41-35-17-11-10-16-32(35)20-25-38(41)46(39)5/h7-25,28-29H,6,26-27,30H2,1-5H3/q+2. The second kappa shape index (κ2) is 12.3. The molecule has 0 amide bonds. The molecule has 7 rings (SSSR count). The smallest absolute Gasteiger partial charge is 0.209 e. The van der Waals surface area contributed by atoms with E-state index in [-0.39, 0.29) is 10.8 Å². The molecule has 0 fully saturated rings. The third-order valence-electron chi connectivity index (χ3n) is 10.4. The molecule has 47 heavy (non-hydrogen) atoms. The molecule has 0 saturated heterocycles. The van der Waals surface area contributed by atoms with Crippen molar-refractivity contribution in [3.8, 4) is 0 Å². The molecule has 0 radical (unpaired) electrons. The summed E-state index contributed by atoms with van der Waals surface area (Å²) in [6.07, 6.45) is 6.70. The van der Waals surface area contributed by atoms with Crippen molar-refractivity contribution in [1.29, 1.82) is 0 Å². The fourth-order valence-electron chi connectivity index (χ4n) is 8.07. The van der Waals surface area contributed by atoms with Crippen molar-refractivity contribution in [1.82, 2.24) is 0 Å². The summed E-state index contributed by atoms with van der Waals surface area (Å²) < 4.78 is 4.85. The highest BCUT2D eigenvalue weighted by Gasteiger charge is 2.48. The molecule has 4 nitrogen and oxygen atoms in total. The van der Waals surface area contributed by atoms with Crippen molar-refractivity contribution in [3.63, 3.8) is 0 Å². The minimum absolute atomic E-state index is 0.0707. The first kappa shape index (κ1) is 30.7. The zero-order chi connectivity index (χ0) is 32.6. The van der Waals surface area contributed by atoms with E-state index in [4.69, 9.17) is 9.98 Å². The third kappa shape index (κ3) is 5.46. The molecule has 2 aliphatic heterocycles. The van der Waals surface area contributed by atoms with E-state index in [0.717, 1.165) is 37.2 Å². The summed E-state index contributed by atoms with van der Waals surface area (Å²) >= 11 is 0. The predicted molar refractivity (Wildman–Crippen MR) is 199 cm³/mol. The molecule has 4 heteroatoms. The van der Waals surface area contributed by atoms with E-state index >= 15 is 0 Å². The van der Waals surface area contributed by atoms with Gasteiger partial charge in [-0.1, -0.05) is 72.8 Å². The first-order valence-electron chi connectivity index (χ1n) is 16.9. The van der Waals surface area contributed by atoms with Crippen LogP contribution < -0.4 is 0 Å². The van der Waals surface area contributed by atoms with Crippen molar-refractivity contribution in [2.24, 2.45) is 9.98 Å². The molecule has 5 aromatic carbocycles. The molecule has 1 atom stereocenters. The highest BCUT2D eigenvalue weighted by Crippen LogP contribution is 2.44. The normalized spacial score (nSPS) is 18.6. The maximum absolute atomic E-state index is 4.90. The van der Waals surface area contributed by atoms with Crippen LogP contribution in [0.3, 0.4) is 0 Å². The number of aliphatic imine (C=N–C) groups is 2. The molecule has 0 N–H and O–H groups in total. The van der Waals surface area contributed by atoms with Gasteiger partial charge < -0.3 is 0 Å². The lowest BCUT2D eigenvalue weighted by molar-refractivity contribution is -0.434. The molecule has 5 aromatic rings. The molecular weight excluding hydrogens is 573 g/mol. The Morgan fingerprint density at radius 3 is 1.96 bits per heavy atom. The highest BCUT2D eigenvalue weighted by molar-refractivity contribution is 6.07. The van der Waals surface area contributed by atoms with Crippen molar-refractivity contribution in [3.05, 3.63) is 132 Å². The predicted octanol–water partition coefficient (Wildman–Crippen LogP) is 10.0. The molecule has 0 aliphatic carbocycles. The quantitative estimate of drug-likeness (QED) is 0.117. The van der Waals surface area contributed by atoms with Gasteiger partial charge in [0.15, 0.2) is 11.4 Å². The van der Waals surface area contributed by atoms with Gasteiger partial charge in [0.25, 0.3) is 0 Å². The number of hydrogen-bond donors (Lipinski definition) is 0. The molecular formula is C43H44N4+2. The Hall–Kier alpha value is -4.96. The van der Waals surface area contributed by atoms with E-state index < -0.39 is 0 Å². The monoisotopic (exact) mass is 616 g/mol. The van der Waals surface area contributed by atoms with E-state index in [1.807, 2.05) is 0 Å². The summed E-state index contributed by atoms with van der Waals surface area (Å²) in [5.41, 5.74) is 11.3. The lowest BCUT2D eigenvalue weighted by Gasteiger charge is -2.23. The SMILES string of the molecule is CC[N+]1=C(CC=Nc2ccc(N=CCC3=[N+](C)c4ccc5ccccc5c4C3(C)C)cc2)C(C)(Cc2ccccc2)c2ccccc21. The van der Waals surface area contributed by atoms with Crippen LogP contribution in [-0.4, -0.2) is 46.6 Å². The van der Waals surface area contributed by atoms with E-state index in [1.54, 1.807) is 0 Å². The summed E-state index contributed by atoms with van der Waals surface area (Å²) in [5, 5.41) is 2.63. The Labute approximate surface area is 279 Å². The Bertz CT molecular complexity index is 2080. The van der Waals surface area contributed by atoms with Gasteiger partial charge in [-0.15, -0.1) is 0 Å². The van der Waals surface area contributed by atoms with Gasteiger partial charge in [0.2, 0.25) is 11.4 Å². The summed E-state index contributed by atoms with van der Waals surface area (Å²) in [5.74, 6) is 0. The Morgan fingerprint density at radius 2 is 1.26 bits per heavy atom. The Kier molecular flexibility index (Phi) is 8.05. The molecule has 0 saturated carbocycles. The van der Waals surface area contributed by atoms with Crippen LogP contribution in [0.2, 0.25) is 0 Å². The van der Waals surface area contributed by atoms with Crippen molar-refractivity contribution in [2.45, 2.75) is 57.8 Å². The van der Waals surface area contributed by atoms with Gasteiger partial charge in [-0.05, 0) is 80.8 Å². The van der Waals surface area contributed by atoms with E-state index in [0.29, 0.717) is 0 Å². The van der Waals surface area contributed by atoms with Gasteiger partial charge >= 0.3 is 0 Å². The number of rotatable bonds is 9. The van der Waals surface area contributed by atoms with Gasteiger partial charge in [-0.2, -0.15) is 4.58 Å². The Morgan fingerprint density at radius 1 is 0.638 bits per heavy atom. The van der Waals surface area contributed by atoms with Crippen LogP contribution in [-0.2, 0) is 17.3 Å². The molecule has 234 valence electrons. The first-order chi connectivity index (χ1) is 22.8. The zero-order valence-corrected chi connectivity index (χ0v) is 28.2. The third-order valence-corrected chi connectivity index (χ3v) is 10.4. The van der Waals surface area contributed by atoms with Crippen molar-refractivity contribution in [2.75, 3.05) is 13.6 Å². The second-order valence-corrected chi connectivity index (χ2v) is 13.6. The van der Waals surface area contributed by atoms with Crippen LogP contribution in [0.15, 0.2) is 125 Å². The fourth-order valence-corrected chi connectivity index (χ4v) is 8.07.